The SMILES string of the molecule is C/C(=C\C(C)O)c1ccc(CC(C)C)c(Cl)c1. The highest BCUT2D eigenvalue weighted by atomic mass is 35.5. The largest absolute Gasteiger partial charge is 0.389 e. The average molecular weight is 253 g/mol. The van der Waals surface area contributed by atoms with Gasteiger partial charge in [-0.05, 0) is 49.0 Å². The summed E-state index contributed by atoms with van der Waals surface area (Å²) >= 11 is 6.26. The van der Waals surface area contributed by atoms with Crippen LogP contribution in [0.25, 0.3) is 5.57 Å². The van der Waals surface area contributed by atoms with Gasteiger partial charge in [0.2, 0.25) is 0 Å². The summed E-state index contributed by atoms with van der Waals surface area (Å²) in [6, 6.07) is 6.13. The molecule has 1 rings (SSSR count). The number of aliphatic hydroxyl groups excluding tert-OH is 1. The summed E-state index contributed by atoms with van der Waals surface area (Å²) < 4.78 is 0. The molecule has 1 N–H and O–H groups in total. The molecule has 0 saturated carbocycles. The molecule has 94 valence electrons. The molecule has 1 atom stereocenters. The van der Waals surface area contributed by atoms with Gasteiger partial charge in [-0.3, -0.25) is 0 Å². The summed E-state index contributed by atoms with van der Waals surface area (Å²) in [6.45, 7) is 8.10. The predicted octanol–water partition coefficient (Wildman–Crippen LogP) is 4.32. The molecule has 17 heavy (non-hydrogen) atoms. The van der Waals surface area contributed by atoms with E-state index in [1.165, 1.54) is 5.56 Å². The lowest BCUT2D eigenvalue weighted by Crippen LogP contribution is -1.97. The smallest absolute Gasteiger partial charge is 0.0698 e. The molecule has 0 aromatic heterocycles. The highest BCUT2D eigenvalue weighted by Crippen LogP contribution is 2.24. The number of rotatable bonds is 4. The fraction of sp³-hybridized carbons (Fsp3) is 0.467. The Labute approximate surface area is 109 Å². The van der Waals surface area contributed by atoms with Crippen molar-refractivity contribution in [2.45, 2.75) is 40.2 Å². The van der Waals surface area contributed by atoms with Crippen molar-refractivity contribution in [3.63, 3.8) is 0 Å². The zero-order valence-electron chi connectivity index (χ0n) is 11.0. The van der Waals surface area contributed by atoms with Crippen molar-refractivity contribution >= 4 is 17.2 Å². The first-order chi connectivity index (χ1) is 7.90. The third-order valence-electron chi connectivity index (χ3n) is 2.63. The Kier molecular flexibility index (Phi) is 5.23. The molecule has 1 unspecified atom stereocenters. The molecule has 0 saturated heterocycles. The highest BCUT2D eigenvalue weighted by Gasteiger charge is 2.05. The van der Waals surface area contributed by atoms with Gasteiger partial charge in [0.15, 0.2) is 0 Å². The summed E-state index contributed by atoms with van der Waals surface area (Å²) in [5, 5.41) is 10.1. The standard InChI is InChI=1S/C15H21ClO/c1-10(2)7-14-6-5-13(9-15(14)16)11(3)8-12(4)17/h5-6,8-10,12,17H,7H2,1-4H3/b11-8+. The lowest BCUT2D eigenvalue weighted by atomic mass is 9.99. The Hall–Kier alpha value is -0.790. The topological polar surface area (TPSA) is 20.2 Å². The van der Waals surface area contributed by atoms with E-state index in [2.05, 4.69) is 26.0 Å². The molecule has 0 amide bonds. The fourth-order valence-electron chi connectivity index (χ4n) is 1.86. The van der Waals surface area contributed by atoms with Gasteiger partial charge in [-0.25, -0.2) is 0 Å². The lowest BCUT2D eigenvalue weighted by Gasteiger charge is -2.10. The summed E-state index contributed by atoms with van der Waals surface area (Å²) in [6.07, 6.45) is 2.40. The van der Waals surface area contributed by atoms with E-state index in [0.717, 1.165) is 22.6 Å². The first-order valence-electron chi connectivity index (χ1n) is 6.05. The number of hydrogen-bond acceptors (Lipinski definition) is 1. The van der Waals surface area contributed by atoms with Crippen molar-refractivity contribution in [1.29, 1.82) is 0 Å². The van der Waals surface area contributed by atoms with Crippen molar-refractivity contribution in [2.75, 3.05) is 0 Å². The van der Waals surface area contributed by atoms with E-state index >= 15 is 0 Å². The van der Waals surface area contributed by atoms with Gasteiger partial charge in [0.25, 0.3) is 0 Å². The molecule has 0 aliphatic rings. The lowest BCUT2D eigenvalue weighted by molar-refractivity contribution is 0.244. The Morgan fingerprint density at radius 3 is 2.47 bits per heavy atom. The fourth-order valence-corrected chi connectivity index (χ4v) is 2.11. The molecule has 1 aromatic carbocycles. The molecule has 0 radical (unpaired) electrons. The van der Waals surface area contributed by atoms with E-state index in [0.29, 0.717) is 5.92 Å². The number of benzene rings is 1. The summed E-state index contributed by atoms with van der Waals surface area (Å²) in [5.74, 6) is 0.604. The van der Waals surface area contributed by atoms with E-state index in [-0.39, 0.29) is 0 Å². The van der Waals surface area contributed by atoms with Gasteiger partial charge in [-0.15, -0.1) is 0 Å². The molecule has 0 aliphatic carbocycles. The molecule has 0 spiro atoms. The molecular formula is C15H21ClO. The van der Waals surface area contributed by atoms with E-state index in [4.69, 9.17) is 11.6 Å². The maximum absolute atomic E-state index is 9.32. The Morgan fingerprint density at radius 1 is 1.35 bits per heavy atom. The van der Waals surface area contributed by atoms with Crippen LogP contribution in [-0.4, -0.2) is 11.2 Å². The molecule has 0 aliphatic heterocycles. The quantitative estimate of drug-likeness (QED) is 0.846. The van der Waals surface area contributed by atoms with Crippen LogP contribution in [0.4, 0.5) is 0 Å². The van der Waals surface area contributed by atoms with Gasteiger partial charge in [-0.2, -0.15) is 0 Å². The van der Waals surface area contributed by atoms with Crippen molar-refractivity contribution in [2.24, 2.45) is 5.92 Å². The van der Waals surface area contributed by atoms with Gasteiger partial charge in [0.1, 0.15) is 0 Å². The molecule has 0 heterocycles. The normalized spacial score (nSPS) is 14.2. The van der Waals surface area contributed by atoms with Gasteiger partial charge in [-0.1, -0.05) is 43.7 Å². The van der Waals surface area contributed by atoms with Gasteiger partial charge < -0.3 is 5.11 Å². The molecule has 1 nitrogen and oxygen atoms in total. The predicted molar refractivity (Wildman–Crippen MR) is 75.3 cm³/mol. The number of halogens is 1. The first-order valence-corrected chi connectivity index (χ1v) is 6.43. The minimum atomic E-state index is -0.427. The van der Waals surface area contributed by atoms with Crippen LogP contribution in [0.1, 0.15) is 38.8 Å². The van der Waals surface area contributed by atoms with Crippen LogP contribution in [0.2, 0.25) is 5.02 Å². The Balaban J connectivity index is 2.96. The van der Waals surface area contributed by atoms with Crippen molar-refractivity contribution < 1.29 is 5.11 Å². The third kappa shape index (κ3) is 4.53. The minimum absolute atomic E-state index is 0.427. The van der Waals surface area contributed by atoms with E-state index in [9.17, 15) is 5.11 Å². The van der Waals surface area contributed by atoms with E-state index in [1.54, 1.807) is 6.92 Å². The third-order valence-corrected chi connectivity index (χ3v) is 2.98. The van der Waals surface area contributed by atoms with Crippen LogP contribution in [0.3, 0.4) is 0 Å². The number of aliphatic hydroxyl groups is 1. The van der Waals surface area contributed by atoms with Crippen molar-refractivity contribution in [3.8, 4) is 0 Å². The maximum atomic E-state index is 9.32. The van der Waals surface area contributed by atoms with E-state index in [1.807, 2.05) is 19.1 Å². The van der Waals surface area contributed by atoms with E-state index < -0.39 is 6.10 Å². The molecule has 1 aromatic rings. The maximum Gasteiger partial charge on any atom is 0.0698 e. The van der Waals surface area contributed by atoms with Crippen LogP contribution < -0.4 is 0 Å². The average Bonchev–Trinajstić information content (AvgIpc) is 2.19. The highest BCUT2D eigenvalue weighted by molar-refractivity contribution is 6.31. The zero-order valence-corrected chi connectivity index (χ0v) is 11.8. The van der Waals surface area contributed by atoms with Gasteiger partial charge >= 0.3 is 0 Å². The van der Waals surface area contributed by atoms with Crippen LogP contribution in [0.15, 0.2) is 24.3 Å². The zero-order chi connectivity index (χ0) is 13.0. The summed E-state index contributed by atoms with van der Waals surface area (Å²) in [5.41, 5.74) is 3.32. The van der Waals surface area contributed by atoms with Crippen molar-refractivity contribution in [3.05, 3.63) is 40.4 Å². The van der Waals surface area contributed by atoms with Crippen molar-refractivity contribution in [1.82, 2.24) is 0 Å². The number of hydrogen-bond donors (Lipinski definition) is 1. The molecule has 0 fully saturated rings. The first kappa shape index (κ1) is 14.3. The van der Waals surface area contributed by atoms with Crippen LogP contribution >= 0.6 is 11.6 Å². The van der Waals surface area contributed by atoms with Crippen LogP contribution in [0, 0.1) is 5.92 Å². The van der Waals surface area contributed by atoms with Crippen LogP contribution in [-0.2, 0) is 6.42 Å². The second-order valence-corrected chi connectivity index (χ2v) is 5.40. The second kappa shape index (κ2) is 6.23. The van der Waals surface area contributed by atoms with Gasteiger partial charge in [0.05, 0.1) is 6.10 Å². The monoisotopic (exact) mass is 252 g/mol. The molecule has 0 bridgehead atoms. The van der Waals surface area contributed by atoms with Gasteiger partial charge in [0, 0.05) is 5.02 Å². The Bertz CT molecular complexity index is 405. The Morgan fingerprint density at radius 2 is 2.00 bits per heavy atom. The number of allylic oxidation sites excluding steroid dienone is 1. The summed E-state index contributed by atoms with van der Waals surface area (Å²) in [4.78, 5) is 0. The minimum Gasteiger partial charge on any atom is -0.389 e. The summed E-state index contributed by atoms with van der Waals surface area (Å²) in [7, 11) is 0. The van der Waals surface area contributed by atoms with Crippen LogP contribution in [0.5, 0.6) is 0 Å². The molecular weight excluding hydrogens is 232 g/mol. The second-order valence-electron chi connectivity index (χ2n) is 4.99. The molecule has 2 heteroatoms.